The number of hydrogen-bond donors (Lipinski definition) is 2. The zero-order valence-electron chi connectivity index (χ0n) is 10.3. The Labute approximate surface area is 102 Å². The summed E-state index contributed by atoms with van der Waals surface area (Å²) < 4.78 is 10.3. The summed E-state index contributed by atoms with van der Waals surface area (Å²) in [4.78, 5) is 0. The van der Waals surface area contributed by atoms with Crippen LogP contribution in [0.4, 0.5) is 0 Å². The number of hydrogen-bond acceptors (Lipinski definition) is 4. The number of benzene rings is 1. The molecule has 2 N–H and O–H groups in total. The standard InChI is InChI=1S/C13H19NO3/c1-16-11-7-9(8-12(17-2)13(11)15)10-5-3-4-6-14-10/h7-8,10,14-15H,3-6H2,1-2H3/t10-/m1/s1. The van der Waals surface area contributed by atoms with Crippen molar-refractivity contribution in [2.24, 2.45) is 0 Å². The molecular weight excluding hydrogens is 218 g/mol. The highest BCUT2D eigenvalue weighted by atomic mass is 16.5. The maximum absolute atomic E-state index is 9.84. The van der Waals surface area contributed by atoms with Crippen LogP contribution in [0, 0.1) is 0 Å². The molecule has 1 fully saturated rings. The first-order valence-electron chi connectivity index (χ1n) is 5.94. The minimum Gasteiger partial charge on any atom is -0.502 e. The van der Waals surface area contributed by atoms with Crippen LogP contribution in [0.5, 0.6) is 17.2 Å². The molecule has 0 unspecified atom stereocenters. The number of aromatic hydroxyl groups is 1. The van der Waals surface area contributed by atoms with Crippen molar-refractivity contribution in [1.29, 1.82) is 0 Å². The van der Waals surface area contributed by atoms with E-state index in [1.165, 1.54) is 12.8 Å². The van der Waals surface area contributed by atoms with Crippen LogP contribution in [0.25, 0.3) is 0 Å². The van der Waals surface area contributed by atoms with Gasteiger partial charge in [0, 0.05) is 6.04 Å². The molecule has 4 nitrogen and oxygen atoms in total. The van der Waals surface area contributed by atoms with Crippen LogP contribution in [-0.4, -0.2) is 25.9 Å². The summed E-state index contributed by atoms with van der Waals surface area (Å²) in [5.41, 5.74) is 1.11. The van der Waals surface area contributed by atoms with Gasteiger partial charge in [0.15, 0.2) is 11.5 Å². The van der Waals surface area contributed by atoms with Gasteiger partial charge in [0.1, 0.15) is 0 Å². The number of nitrogens with one attached hydrogen (secondary N) is 1. The molecule has 0 saturated carbocycles. The molecule has 0 aromatic heterocycles. The van der Waals surface area contributed by atoms with Crippen molar-refractivity contribution < 1.29 is 14.6 Å². The first-order chi connectivity index (χ1) is 8.26. The van der Waals surface area contributed by atoms with E-state index < -0.39 is 0 Å². The summed E-state index contributed by atoms with van der Waals surface area (Å²) >= 11 is 0. The number of rotatable bonds is 3. The lowest BCUT2D eigenvalue weighted by molar-refractivity contribution is 0.336. The van der Waals surface area contributed by atoms with Crippen LogP contribution >= 0.6 is 0 Å². The lowest BCUT2D eigenvalue weighted by Crippen LogP contribution is -2.26. The van der Waals surface area contributed by atoms with Crippen molar-refractivity contribution in [2.45, 2.75) is 25.3 Å². The van der Waals surface area contributed by atoms with E-state index in [9.17, 15) is 5.11 Å². The molecule has 1 aliphatic rings. The second-order valence-corrected chi connectivity index (χ2v) is 4.28. The van der Waals surface area contributed by atoms with Gasteiger partial charge < -0.3 is 19.9 Å². The van der Waals surface area contributed by atoms with Crippen molar-refractivity contribution in [2.75, 3.05) is 20.8 Å². The van der Waals surface area contributed by atoms with E-state index >= 15 is 0 Å². The first kappa shape index (κ1) is 12.0. The van der Waals surface area contributed by atoms with Crippen molar-refractivity contribution in [3.05, 3.63) is 17.7 Å². The molecule has 1 saturated heterocycles. The Morgan fingerprint density at radius 3 is 2.29 bits per heavy atom. The largest absolute Gasteiger partial charge is 0.502 e. The van der Waals surface area contributed by atoms with E-state index in [2.05, 4.69) is 5.32 Å². The third kappa shape index (κ3) is 2.47. The van der Waals surface area contributed by atoms with Gasteiger partial charge in [-0.2, -0.15) is 0 Å². The molecule has 1 aromatic rings. The van der Waals surface area contributed by atoms with Gasteiger partial charge in [-0.15, -0.1) is 0 Å². The molecule has 1 aliphatic heterocycles. The average Bonchev–Trinajstić information content (AvgIpc) is 2.40. The summed E-state index contributed by atoms with van der Waals surface area (Å²) in [5.74, 6) is 0.994. The van der Waals surface area contributed by atoms with E-state index in [0.29, 0.717) is 17.5 Å². The van der Waals surface area contributed by atoms with Crippen molar-refractivity contribution >= 4 is 0 Å². The predicted molar refractivity (Wildman–Crippen MR) is 65.8 cm³/mol. The van der Waals surface area contributed by atoms with Gasteiger partial charge in [-0.3, -0.25) is 0 Å². The van der Waals surface area contributed by atoms with Crippen LogP contribution in [0.3, 0.4) is 0 Å². The average molecular weight is 237 g/mol. The molecule has 0 bridgehead atoms. The minimum absolute atomic E-state index is 0.0644. The van der Waals surface area contributed by atoms with Crippen molar-refractivity contribution in [3.63, 3.8) is 0 Å². The number of phenolic OH excluding ortho intramolecular Hbond substituents is 1. The summed E-state index contributed by atoms with van der Waals surface area (Å²) in [6.07, 6.45) is 3.56. The van der Waals surface area contributed by atoms with Gasteiger partial charge in [0.25, 0.3) is 0 Å². The number of ether oxygens (including phenoxy) is 2. The molecule has 1 heterocycles. The first-order valence-corrected chi connectivity index (χ1v) is 5.94. The quantitative estimate of drug-likeness (QED) is 0.846. The Morgan fingerprint density at radius 1 is 1.18 bits per heavy atom. The molecular formula is C13H19NO3. The topological polar surface area (TPSA) is 50.7 Å². The molecule has 0 spiro atoms. The highest BCUT2D eigenvalue weighted by molar-refractivity contribution is 5.53. The van der Waals surface area contributed by atoms with Crippen molar-refractivity contribution in [1.82, 2.24) is 5.32 Å². The molecule has 0 aliphatic carbocycles. The van der Waals surface area contributed by atoms with Crippen LogP contribution in [0.1, 0.15) is 30.9 Å². The lowest BCUT2D eigenvalue weighted by Gasteiger charge is -2.24. The third-order valence-electron chi connectivity index (χ3n) is 3.21. The fourth-order valence-electron chi connectivity index (χ4n) is 2.25. The fraction of sp³-hybridized carbons (Fsp3) is 0.538. The molecule has 94 valence electrons. The van der Waals surface area contributed by atoms with Crippen LogP contribution in [0.15, 0.2) is 12.1 Å². The second kappa shape index (κ2) is 5.27. The smallest absolute Gasteiger partial charge is 0.200 e. The van der Waals surface area contributed by atoms with Gasteiger partial charge in [-0.1, -0.05) is 6.42 Å². The molecule has 2 rings (SSSR count). The zero-order valence-corrected chi connectivity index (χ0v) is 10.3. The second-order valence-electron chi connectivity index (χ2n) is 4.28. The predicted octanol–water partition coefficient (Wildman–Crippen LogP) is 2.22. The zero-order chi connectivity index (χ0) is 12.3. The van der Waals surface area contributed by atoms with Crippen LogP contribution < -0.4 is 14.8 Å². The Bertz CT molecular complexity index is 361. The summed E-state index contributed by atoms with van der Waals surface area (Å²) in [5, 5.41) is 13.3. The molecule has 1 aromatic carbocycles. The molecule has 0 radical (unpaired) electrons. The van der Waals surface area contributed by atoms with E-state index in [0.717, 1.165) is 18.5 Å². The Morgan fingerprint density at radius 2 is 1.82 bits per heavy atom. The maximum Gasteiger partial charge on any atom is 0.200 e. The van der Waals surface area contributed by atoms with Gasteiger partial charge in [-0.25, -0.2) is 0 Å². The maximum atomic E-state index is 9.84. The number of phenols is 1. The highest BCUT2D eigenvalue weighted by Gasteiger charge is 2.19. The SMILES string of the molecule is COc1cc([C@H]2CCCCN2)cc(OC)c1O. The van der Waals surface area contributed by atoms with E-state index in [4.69, 9.17) is 9.47 Å². The van der Waals surface area contributed by atoms with Crippen LogP contribution in [0.2, 0.25) is 0 Å². The number of methoxy groups -OCH3 is 2. The Kier molecular flexibility index (Phi) is 3.74. The third-order valence-corrected chi connectivity index (χ3v) is 3.21. The lowest BCUT2D eigenvalue weighted by atomic mass is 9.97. The van der Waals surface area contributed by atoms with Gasteiger partial charge in [0.2, 0.25) is 5.75 Å². The van der Waals surface area contributed by atoms with E-state index in [-0.39, 0.29) is 5.75 Å². The molecule has 17 heavy (non-hydrogen) atoms. The molecule has 0 amide bonds. The number of piperidine rings is 1. The molecule has 4 heteroatoms. The van der Waals surface area contributed by atoms with E-state index in [1.54, 1.807) is 14.2 Å². The summed E-state index contributed by atoms with van der Waals surface area (Å²) in [7, 11) is 3.10. The fourth-order valence-corrected chi connectivity index (χ4v) is 2.25. The Balaban J connectivity index is 2.33. The van der Waals surface area contributed by atoms with Crippen LogP contribution in [-0.2, 0) is 0 Å². The van der Waals surface area contributed by atoms with E-state index in [1.807, 2.05) is 12.1 Å². The minimum atomic E-state index is 0.0644. The molecule has 1 atom stereocenters. The normalized spacial score (nSPS) is 20.0. The van der Waals surface area contributed by atoms with Gasteiger partial charge in [-0.05, 0) is 37.1 Å². The highest BCUT2D eigenvalue weighted by Crippen LogP contribution is 2.39. The van der Waals surface area contributed by atoms with Crippen molar-refractivity contribution in [3.8, 4) is 17.2 Å². The van der Waals surface area contributed by atoms with Gasteiger partial charge >= 0.3 is 0 Å². The van der Waals surface area contributed by atoms with Gasteiger partial charge in [0.05, 0.1) is 14.2 Å². The Hall–Kier alpha value is -1.42. The summed E-state index contributed by atoms with van der Waals surface area (Å²) in [6.45, 7) is 1.04. The monoisotopic (exact) mass is 237 g/mol. The summed E-state index contributed by atoms with van der Waals surface area (Å²) in [6, 6.07) is 4.08.